The van der Waals surface area contributed by atoms with Gasteiger partial charge in [-0.2, -0.15) is 4.31 Å². The van der Waals surface area contributed by atoms with Crippen LogP contribution in [0.2, 0.25) is 5.02 Å². The van der Waals surface area contributed by atoms with Gasteiger partial charge >= 0.3 is 0 Å². The largest absolute Gasteiger partial charge is 0.399 e. The fraction of sp³-hybridized carbons (Fsp3) is 0.200. The van der Waals surface area contributed by atoms with Crippen molar-refractivity contribution in [3.8, 4) is 0 Å². The van der Waals surface area contributed by atoms with Gasteiger partial charge in [0, 0.05) is 18.8 Å². The molecule has 0 spiro atoms. The van der Waals surface area contributed by atoms with E-state index in [1.807, 2.05) is 13.0 Å². The molecule has 21 heavy (non-hydrogen) atoms. The number of hydrogen-bond donors (Lipinski definition) is 1. The number of rotatable bonds is 4. The Morgan fingerprint density at radius 2 is 1.81 bits per heavy atom. The maximum atomic E-state index is 12.7. The van der Waals surface area contributed by atoms with Crippen LogP contribution < -0.4 is 5.73 Å². The van der Waals surface area contributed by atoms with Crippen molar-refractivity contribution < 1.29 is 8.42 Å². The van der Waals surface area contributed by atoms with Crippen LogP contribution in [0, 0.1) is 0 Å². The summed E-state index contributed by atoms with van der Waals surface area (Å²) < 4.78 is 26.6. The van der Waals surface area contributed by atoms with Crippen molar-refractivity contribution in [2.24, 2.45) is 0 Å². The molecule has 0 aliphatic rings. The molecule has 112 valence electrons. The molecule has 0 amide bonds. The molecule has 1 unspecified atom stereocenters. The number of halogens is 1. The molecule has 0 aliphatic heterocycles. The van der Waals surface area contributed by atoms with E-state index in [-0.39, 0.29) is 16.0 Å². The quantitative estimate of drug-likeness (QED) is 0.878. The maximum Gasteiger partial charge on any atom is 0.244 e. The molecule has 0 heterocycles. The molecule has 2 N–H and O–H groups in total. The molecule has 4 nitrogen and oxygen atoms in total. The lowest BCUT2D eigenvalue weighted by Crippen LogP contribution is -2.30. The minimum absolute atomic E-state index is 0.102. The number of benzene rings is 2. The van der Waals surface area contributed by atoms with E-state index < -0.39 is 10.0 Å². The number of nitrogens with zero attached hydrogens (tertiary/aromatic N) is 1. The SMILES string of the molecule is CC(c1cccc(N)c1)N(C)S(=O)(=O)c1ccccc1Cl. The van der Waals surface area contributed by atoms with Crippen LogP contribution in [0.3, 0.4) is 0 Å². The van der Waals surface area contributed by atoms with Crippen molar-refractivity contribution in [3.63, 3.8) is 0 Å². The molecule has 0 aliphatic carbocycles. The Labute approximate surface area is 130 Å². The highest BCUT2D eigenvalue weighted by atomic mass is 35.5. The standard InChI is InChI=1S/C15H17ClN2O2S/c1-11(12-6-5-7-13(17)10-12)18(2)21(19,20)15-9-4-3-8-14(15)16/h3-11H,17H2,1-2H3. The number of sulfonamides is 1. The Morgan fingerprint density at radius 1 is 1.14 bits per heavy atom. The Balaban J connectivity index is 2.39. The van der Waals surface area contributed by atoms with E-state index >= 15 is 0 Å². The molecule has 0 aromatic heterocycles. The minimum Gasteiger partial charge on any atom is -0.399 e. The van der Waals surface area contributed by atoms with E-state index in [1.54, 1.807) is 36.4 Å². The molecule has 0 saturated heterocycles. The third-order valence-electron chi connectivity index (χ3n) is 3.43. The van der Waals surface area contributed by atoms with Crippen molar-refractivity contribution in [1.82, 2.24) is 4.31 Å². The number of nitrogens with two attached hydrogens (primary N) is 1. The van der Waals surface area contributed by atoms with Gasteiger partial charge < -0.3 is 5.73 Å². The first kappa shape index (κ1) is 15.8. The van der Waals surface area contributed by atoms with Crippen LogP contribution in [0.4, 0.5) is 5.69 Å². The molecular weight excluding hydrogens is 308 g/mol. The fourth-order valence-electron chi connectivity index (χ4n) is 2.05. The lowest BCUT2D eigenvalue weighted by atomic mass is 10.1. The van der Waals surface area contributed by atoms with Crippen molar-refractivity contribution in [3.05, 3.63) is 59.1 Å². The highest BCUT2D eigenvalue weighted by molar-refractivity contribution is 7.89. The summed E-state index contributed by atoms with van der Waals surface area (Å²) in [4.78, 5) is 0.102. The molecule has 6 heteroatoms. The first-order chi connectivity index (χ1) is 9.84. The van der Waals surface area contributed by atoms with Crippen LogP contribution in [0.25, 0.3) is 0 Å². The van der Waals surface area contributed by atoms with E-state index in [9.17, 15) is 8.42 Å². The van der Waals surface area contributed by atoms with Gasteiger partial charge in [0.2, 0.25) is 10.0 Å². The predicted octanol–water partition coefficient (Wildman–Crippen LogP) is 3.30. The zero-order chi connectivity index (χ0) is 15.6. The second kappa shape index (κ2) is 6.05. The van der Waals surface area contributed by atoms with Crippen LogP contribution in [-0.2, 0) is 10.0 Å². The molecule has 0 saturated carbocycles. The van der Waals surface area contributed by atoms with E-state index in [4.69, 9.17) is 17.3 Å². The van der Waals surface area contributed by atoms with E-state index in [2.05, 4.69) is 0 Å². The summed E-state index contributed by atoms with van der Waals surface area (Å²) in [5.74, 6) is 0. The second-order valence-electron chi connectivity index (χ2n) is 4.80. The highest BCUT2D eigenvalue weighted by Crippen LogP contribution is 2.29. The number of hydrogen-bond acceptors (Lipinski definition) is 3. The monoisotopic (exact) mass is 324 g/mol. The average Bonchev–Trinajstić information content (AvgIpc) is 2.46. The smallest absolute Gasteiger partial charge is 0.244 e. The summed E-state index contributed by atoms with van der Waals surface area (Å²) in [6.45, 7) is 1.81. The van der Waals surface area contributed by atoms with E-state index in [1.165, 1.54) is 17.4 Å². The summed E-state index contributed by atoms with van der Waals surface area (Å²) in [6.07, 6.45) is 0. The first-order valence-electron chi connectivity index (χ1n) is 6.42. The summed E-state index contributed by atoms with van der Waals surface area (Å²) in [5.41, 5.74) is 7.18. The van der Waals surface area contributed by atoms with Crippen molar-refractivity contribution in [2.75, 3.05) is 12.8 Å². The third-order valence-corrected chi connectivity index (χ3v) is 5.86. The summed E-state index contributed by atoms with van der Waals surface area (Å²) >= 11 is 6.00. The second-order valence-corrected chi connectivity index (χ2v) is 7.17. The summed E-state index contributed by atoms with van der Waals surface area (Å²) in [6, 6.07) is 13.2. The maximum absolute atomic E-state index is 12.7. The van der Waals surface area contributed by atoms with Gasteiger partial charge in [-0.3, -0.25) is 0 Å². The number of nitrogen functional groups attached to an aromatic ring is 1. The first-order valence-corrected chi connectivity index (χ1v) is 8.24. The van der Waals surface area contributed by atoms with Gasteiger partial charge in [0.25, 0.3) is 0 Å². The lowest BCUT2D eigenvalue weighted by Gasteiger charge is -2.25. The Kier molecular flexibility index (Phi) is 4.56. The Hall–Kier alpha value is -1.56. The van der Waals surface area contributed by atoms with Crippen LogP contribution >= 0.6 is 11.6 Å². The van der Waals surface area contributed by atoms with E-state index in [0.717, 1.165) is 5.56 Å². The third kappa shape index (κ3) is 3.20. The Bertz CT molecular complexity index is 747. The molecule has 0 bridgehead atoms. The minimum atomic E-state index is -3.67. The van der Waals surface area contributed by atoms with E-state index in [0.29, 0.717) is 5.69 Å². The van der Waals surface area contributed by atoms with Gasteiger partial charge in [0.1, 0.15) is 4.90 Å². The lowest BCUT2D eigenvalue weighted by molar-refractivity contribution is 0.398. The van der Waals surface area contributed by atoms with Gasteiger partial charge in [-0.1, -0.05) is 35.9 Å². The predicted molar refractivity (Wildman–Crippen MR) is 85.7 cm³/mol. The van der Waals surface area contributed by atoms with Gasteiger partial charge in [-0.05, 0) is 36.8 Å². The van der Waals surface area contributed by atoms with Gasteiger partial charge in [-0.25, -0.2) is 8.42 Å². The highest BCUT2D eigenvalue weighted by Gasteiger charge is 2.28. The zero-order valence-electron chi connectivity index (χ0n) is 11.8. The van der Waals surface area contributed by atoms with Crippen molar-refractivity contribution in [2.45, 2.75) is 17.9 Å². The van der Waals surface area contributed by atoms with Crippen LogP contribution in [0.15, 0.2) is 53.4 Å². The van der Waals surface area contributed by atoms with Crippen molar-refractivity contribution >= 4 is 27.3 Å². The fourth-order valence-corrected chi connectivity index (χ4v) is 3.89. The molecular formula is C15H17ClN2O2S. The van der Waals surface area contributed by atoms with Crippen LogP contribution in [0.1, 0.15) is 18.5 Å². The topological polar surface area (TPSA) is 63.4 Å². The summed E-state index contributed by atoms with van der Waals surface area (Å²) in [7, 11) is -2.14. The molecule has 0 fully saturated rings. The average molecular weight is 325 g/mol. The van der Waals surface area contributed by atoms with Crippen LogP contribution in [0.5, 0.6) is 0 Å². The molecule has 2 aromatic rings. The summed E-state index contributed by atoms with van der Waals surface area (Å²) in [5, 5.41) is 0.212. The molecule has 2 aromatic carbocycles. The van der Waals surface area contributed by atoms with Gasteiger partial charge in [-0.15, -0.1) is 0 Å². The van der Waals surface area contributed by atoms with Crippen LogP contribution in [-0.4, -0.2) is 19.8 Å². The zero-order valence-corrected chi connectivity index (χ0v) is 13.4. The Morgan fingerprint density at radius 3 is 2.43 bits per heavy atom. The molecule has 2 rings (SSSR count). The van der Waals surface area contributed by atoms with Gasteiger partial charge in [0.05, 0.1) is 5.02 Å². The van der Waals surface area contributed by atoms with Gasteiger partial charge in [0.15, 0.2) is 0 Å². The van der Waals surface area contributed by atoms with Crippen molar-refractivity contribution in [1.29, 1.82) is 0 Å². The molecule has 0 radical (unpaired) electrons. The number of anilines is 1. The molecule has 1 atom stereocenters. The normalized spacial score (nSPS) is 13.3.